The third kappa shape index (κ3) is 4.03. The van der Waals surface area contributed by atoms with E-state index in [1.807, 2.05) is 31.2 Å². The third-order valence-corrected chi connectivity index (χ3v) is 2.65. The first-order valence-electron chi connectivity index (χ1n) is 5.88. The number of carbonyl (C=O) groups excluding carboxylic acids is 1. The van der Waals surface area contributed by atoms with Gasteiger partial charge >= 0.3 is 0 Å². The molecule has 0 aliphatic carbocycles. The lowest BCUT2D eigenvalue weighted by molar-refractivity contribution is 0.0919. The SMILES string of the molecule is Cc1cccc(OCCNC(=O)c2ccc(Cl)o2)c1. The molecule has 1 heterocycles. The maximum atomic E-state index is 11.6. The van der Waals surface area contributed by atoms with Gasteiger partial charge in [-0.2, -0.15) is 0 Å². The van der Waals surface area contributed by atoms with E-state index < -0.39 is 0 Å². The Hall–Kier alpha value is -1.94. The molecule has 1 aromatic carbocycles. The van der Waals surface area contributed by atoms with Crippen LogP contribution in [0.1, 0.15) is 16.1 Å². The standard InChI is InChI=1S/C14H14ClNO3/c1-10-3-2-4-11(9-10)18-8-7-16-14(17)12-5-6-13(15)19-12/h2-6,9H,7-8H2,1H3,(H,16,17). The zero-order chi connectivity index (χ0) is 13.7. The summed E-state index contributed by atoms with van der Waals surface area (Å²) in [4.78, 5) is 11.6. The number of carbonyl (C=O) groups is 1. The molecule has 1 aromatic heterocycles. The van der Waals surface area contributed by atoms with Crippen LogP contribution in [0.15, 0.2) is 40.8 Å². The average molecular weight is 280 g/mol. The second-order valence-electron chi connectivity index (χ2n) is 4.02. The van der Waals surface area contributed by atoms with Crippen LogP contribution in [0.4, 0.5) is 0 Å². The zero-order valence-corrected chi connectivity index (χ0v) is 11.2. The predicted molar refractivity (Wildman–Crippen MR) is 72.7 cm³/mol. The number of hydrogen-bond acceptors (Lipinski definition) is 3. The maximum absolute atomic E-state index is 11.6. The van der Waals surface area contributed by atoms with E-state index in [9.17, 15) is 4.79 Å². The van der Waals surface area contributed by atoms with Gasteiger partial charge < -0.3 is 14.5 Å². The van der Waals surface area contributed by atoms with Gasteiger partial charge in [0.2, 0.25) is 0 Å². The summed E-state index contributed by atoms with van der Waals surface area (Å²) in [6.45, 7) is 2.78. The summed E-state index contributed by atoms with van der Waals surface area (Å²) in [5, 5.41) is 2.88. The largest absolute Gasteiger partial charge is 0.492 e. The highest BCUT2D eigenvalue weighted by Gasteiger charge is 2.09. The van der Waals surface area contributed by atoms with E-state index in [0.717, 1.165) is 11.3 Å². The molecule has 0 bridgehead atoms. The van der Waals surface area contributed by atoms with Crippen molar-refractivity contribution in [3.8, 4) is 5.75 Å². The van der Waals surface area contributed by atoms with Gasteiger partial charge in [0.15, 0.2) is 11.0 Å². The third-order valence-electron chi connectivity index (χ3n) is 2.44. The van der Waals surface area contributed by atoms with Gasteiger partial charge in [-0.3, -0.25) is 4.79 Å². The summed E-state index contributed by atoms with van der Waals surface area (Å²) in [7, 11) is 0. The Labute approximate surface area is 116 Å². The Morgan fingerprint density at radius 1 is 1.37 bits per heavy atom. The summed E-state index contributed by atoms with van der Waals surface area (Å²) in [6, 6.07) is 10.8. The lowest BCUT2D eigenvalue weighted by Crippen LogP contribution is -2.27. The predicted octanol–water partition coefficient (Wildman–Crippen LogP) is 3.05. The minimum absolute atomic E-state index is 0.195. The van der Waals surface area contributed by atoms with Crippen molar-refractivity contribution in [1.82, 2.24) is 5.32 Å². The fourth-order valence-corrected chi connectivity index (χ4v) is 1.71. The van der Waals surface area contributed by atoms with Gasteiger partial charge in [0.05, 0.1) is 6.54 Å². The van der Waals surface area contributed by atoms with Crippen molar-refractivity contribution in [3.63, 3.8) is 0 Å². The molecule has 0 radical (unpaired) electrons. The molecule has 2 rings (SSSR count). The van der Waals surface area contributed by atoms with Crippen molar-refractivity contribution in [2.45, 2.75) is 6.92 Å². The monoisotopic (exact) mass is 279 g/mol. The molecule has 0 unspecified atom stereocenters. The van der Waals surface area contributed by atoms with Crippen molar-refractivity contribution in [2.75, 3.05) is 13.2 Å². The van der Waals surface area contributed by atoms with Crippen LogP contribution in [0.25, 0.3) is 0 Å². The molecule has 0 saturated heterocycles. The Kier molecular flexibility index (Phi) is 4.47. The highest BCUT2D eigenvalue weighted by atomic mass is 35.5. The molecule has 0 fully saturated rings. The van der Waals surface area contributed by atoms with E-state index in [0.29, 0.717) is 13.2 Å². The van der Waals surface area contributed by atoms with Crippen LogP contribution in [0.3, 0.4) is 0 Å². The highest BCUT2D eigenvalue weighted by Crippen LogP contribution is 2.13. The fraction of sp³-hybridized carbons (Fsp3) is 0.214. The van der Waals surface area contributed by atoms with Gasteiger partial charge in [-0.1, -0.05) is 12.1 Å². The molecule has 19 heavy (non-hydrogen) atoms. The molecule has 1 amide bonds. The van der Waals surface area contributed by atoms with Crippen molar-refractivity contribution >= 4 is 17.5 Å². The number of amides is 1. The molecular weight excluding hydrogens is 266 g/mol. The molecule has 0 saturated carbocycles. The van der Waals surface area contributed by atoms with Gasteiger partial charge in [0, 0.05) is 0 Å². The van der Waals surface area contributed by atoms with Crippen LogP contribution < -0.4 is 10.1 Å². The smallest absolute Gasteiger partial charge is 0.287 e. The summed E-state index contributed by atoms with van der Waals surface area (Å²) >= 11 is 5.59. The van der Waals surface area contributed by atoms with Gasteiger partial charge in [0.1, 0.15) is 12.4 Å². The number of hydrogen-bond donors (Lipinski definition) is 1. The molecule has 0 aliphatic rings. The first-order chi connectivity index (χ1) is 9.15. The quantitative estimate of drug-likeness (QED) is 0.856. The topological polar surface area (TPSA) is 51.5 Å². The number of aryl methyl sites for hydroxylation is 1. The number of nitrogens with one attached hydrogen (secondary N) is 1. The Bertz CT molecular complexity index is 565. The van der Waals surface area contributed by atoms with Gasteiger partial charge in [-0.25, -0.2) is 0 Å². The second-order valence-corrected chi connectivity index (χ2v) is 4.40. The molecular formula is C14H14ClNO3. The van der Waals surface area contributed by atoms with Crippen LogP contribution in [0.2, 0.25) is 5.22 Å². The second kappa shape index (κ2) is 6.29. The molecule has 0 aliphatic heterocycles. The van der Waals surface area contributed by atoms with E-state index in [4.69, 9.17) is 20.8 Å². The minimum Gasteiger partial charge on any atom is -0.492 e. The normalized spacial score (nSPS) is 10.2. The molecule has 0 atom stereocenters. The molecule has 100 valence electrons. The Morgan fingerprint density at radius 2 is 2.21 bits per heavy atom. The van der Waals surface area contributed by atoms with Gasteiger partial charge in [-0.15, -0.1) is 0 Å². The Balaban J connectivity index is 1.74. The van der Waals surface area contributed by atoms with E-state index in [2.05, 4.69) is 5.32 Å². The summed E-state index contributed by atoms with van der Waals surface area (Å²) in [6.07, 6.45) is 0. The number of furan rings is 1. The average Bonchev–Trinajstić information content (AvgIpc) is 2.81. The molecule has 0 spiro atoms. The number of rotatable bonds is 5. The number of benzene rings is 1. The Morgan fingerprint density at radius 3 is 2.89 bits per heavy atom. The summed E-state index contributed by atoms with van der Waals surface area (Å²) < 4.78 is 10.5. The fourth-order valence-electron chi connectivity index (χ4n) is 1.56. The number of halogens is 1. The van der Waals surface area contributed by atoms with E-state index in [1.54, 1.807) is 0 Å². The van der Waals surface area contributed by atoms with Crippen molar-refractivity contribution in [3.05, 3.63) is 52.9 Å². The lowest BCUT2D eigenvalue weighted by atomic mass is 10.2. The molecule has 4 nitrogen and oxygen atoms in total. The summed E-state index contributed by atoms with van der Waals surface area (Å²) in [5.41, 5.74) is 1.13. The van der Waals surface area contributed by atoms with Crippen LogP contribution in [-0.4, -0.2) is 19.1 Å². The lowest BCUT2D eigenvalue weighted by Gasteiger charge is -2.07. The summed E-state index contributed by atoms with van der Waals surface area (Å²) in [5.74, 6) is 0.676. The van der Waals surface area contributed by atoms with Crippen LogP contribution in [0, 0.1) is 6.92 Å². The van der Waals surface area contributed by atoms with E-state index in [1.165, 1.54) is 12.1 Å². The highest BCUT2D eigenvalue weighted by molar-refractivity contribution is 6.29. The van der Waals surface area contributed by atoms with Gasteiger partial charge in [0.25, 0.3) is 5.91 Å². The molecule has 1 N–H and O–H groups in total. The van der Waals surface area contributed by atoms with E-state index in [-0.39, 0.29) is 16.9 Å². The van der Waals surface area contributed by atoms with Crippen molar-refractivity contribution in [2.24, 2.45) is 0 Å². The van der Waals surface area contributed by atoms with Crippen molar-refractivity contribution in [1.29, 1.82) is 0 Å². The zero-order valence-electron chi connectivity index (χ0n) is 10.5. The first kappa shape index (κ1) is 13.5. The van der Waals surface area contributed by atoms with Crippen LogP contribution in [-0.2, 0) is 0 Å². The van der Waals surface area contributed by atoms with Gasteiger partial charge in [-0.05, 0) is 48.4 Å². The molecule has 5 heteroatoms. The number of ether oxygens (including phenoxy) is 1. The minimum atomic E-state index is -0.306. The van der Waals surface area contributed by atoms with E-state index >= 15 is 0 Å². The van der Waals surface area contributed by atoms with Crippen LogP contribution >= 0.6 is 11.6 Å². The first-order valence-corrected chi connectivity index (χ1v) is 6.26. The molecule has 2 aromatic rings. The van der Waals surface area contributed by atoms with Crippen LogP contribution in [0.5, 0.6) is 5.75 Å². The van der Waals surface area contributed by atoms with Crippen molar-refractivity contribution < 1.29 is 13.9 Å². The maximum Gasteiger partial charge on any atom is 0.287 e.